The molecule has 0 radical (unpaired) electrons. The number of nitriles is 1. The van der Waals surface area contributed by atoms with E-state index >= 15 is 0 Å². The van der Waals surface area contributed by atoms with Crippen molar-refractivity contribution in [1.82, 2.24) is 24.8 Å². The largest absolute Gasteiger partial charge is 0.434 e. The number of nitrogens with zero attached hydrogens (tertiary/aromatic N) is 5. The Kier molecular flexibility index (Phi) is 4.88. The summed E-state index contributed by atoms with van der Waals surface area (Å²) in [7, 11) is 0. The molecule has 2 aromatic carbocycles. The number of halogens is 2. The summed E-state index contributed by atoms with van der Waals surface area (Å²) >= 11 is 0. The molecule has 9 nitrogen and oxygen atoms in total. The summed E-state index contributed by atoms with van der Waals surface area (Å²) in [5.41, 5.74) is 9.16. The first-order valence-corrected chi connectivity index (χ1v) is 12.6. The fraction of sp³-hybridized carbons (Fsp3) is 0.321. The monoisotopic (exact) mass is 527 g/mol. The third kappa shape index (κ3) is 3.51. The number of benzene rings is 2. The summed E-state index contributed by atoms with van der Waals surface area (Å²) in [4.78, 5) is 26.8. The van der Waals surface area contributed by atoms with E-state index in [-0.39, 0.29) is 17.7 Å². The van der Waals surface area contributed by atoms with E-state index in [1.165, 1.54) is 6.07 Å². The first-order chi connectivity index (χ1) is 18.7. The Bertz CT molecular complexity index is 1700. The molecule has 196 valence electrons. The Hall–Kier alpha value is -4.43. The van der Waals surface area contributed by atoms with Crippen molar-refractivity contribution in [2.75, 3.05) is 0 Å². The lowest BCUT2D eigenvalue weighted by atomic mass is 9.59. The van der Waals surface area contributed by atoms with E-state index in [1.807, 2.05) is 29.7 Å². The van der Waals surface area contributed by atoms with Gasteiger partial charge in [-0.3, -0.25) is 4.79 Å². The van der Waals surface area contributed by atoms with Crippen LogP contribution < -0.4 is 15.8 Å². The highest BCUT2D eigenvalue weighted by Gasteiger charge is 2.52. The molecule has 1 saturated carbocycles. The summed E-state index contributed by atoms with van der Waals surface area (Å²) in [5, 5.41) is 12.3. The first kappa shape index (κ1) is 23.7. The maximum atomic E-state index is 13.3. The predicted octanol–water partition coefficient (Wildman–Crippen LogP) is 4.35. The van der Waals surface area contributed by atoms with Gasteiger partial charge in [0.05, 0.1) is 40.1 Å². The maximum absolute atomic E-state index is 13.3. The zero-order valence-electron chi connectivity index (χ0n) is 20.9. The summed E-state index contributed by atoms with van der Waals surface area (Å²) < 4.78 is 33.4. The smallest absolute Gasteiger partial charge is 0.387 e. The number of imidazole rings is 1. The minimum atomic E-state index is -3.02. The van der Waals surface area contributed by atoms with Gasteiger partial charge in [-0.2, -0.15) is 14.0 Å². The van der Waals surface area contributed by atoms with Crippen molar-refractivity contribution in [3.05, 3.63) is 71.6 Å². The van der Waals surface area contributed by atoms with Crippen LogP contribution in [0.25, 0.3) is 22.2 Å². The number of ether oxygens (including phenoxy) is 1. The van der Waals surface area contributed by atoms with Crippen LogP contribution in [-0.4, -0.2) is 32.0 Å². The van der Waals surface area contributed by atoms with Crippen molar-refractivity contribution in [2.24, 2.45) is 11.1 Å². The second-order valence-corrected chi connectivity index (χ2v) is 10.9. The van der Waals surface area contributed by atoms with Gasteiger partial charge in [0.2, 0.25) is 0 Å². The van der Waals surface area contributed by atoms with Crippen LogP contribution in [0.4, 0.5) is 8.78 Å². The minimum Gasteiger partial charge on any atom is -0.434 e. The second kappa shape index (κ2) is 8.04. The molecule has 1 amide bonds. The Morgan fingerprint density at radius 1 is 1.21 bits per heavy atom. The average molecular weight is 528 g/mol. The highest BCUT2D eigenvalue weighted by molar-refractivity contribution is 5.98. The van der Waals surface area contributed by atoms with E-state index in [1.54, 1.807) is 24.5 Å². The summed E-state index contributed by atoms with van der Waals surface area (Å²) in [6, 6.07) is 11.9. The van der Waals surface area contributed by atoms with Gasteiger partial charge in [0, 0.05) is 29.1 Å². The van der Waals surface area contributed by atoms with Crippen molar-refractivity contribution in [3.8, 4) is 22.9 Å². The Morgan fingerprint density at radius 2 is 1.97 bits per heavy atom. The van der Waals surface area contributed by atoms with Crippen LogP contribution in [0.15, 0.2) is 48.8 Å². The van der Waals surface area contributed by atoms with Gasteiger partial charge in [-0.25, -0.2) is 15.0 Å². The molecule has 7 rings (SSSR count). The normalized spacial score (nSPS) is 26.8. The number of rotatable bonds is 4. The summed E-state index contributed by atoms with van der Waals surface area (Å²) in [6.07, 6.45) is 4.91. The number of amides is 1. The third-order valence-corrected chi connectivity index (χ3v) is 8.08. The van der Waals surface area contributed by atoms with Gasteiger partial charge < -0.3 is 20.4 Å². The molecular weight excluding hydrogens is 504 g/mol. The topological polar surface area (TPSA) is 132 Å². The molecule has 0 spiro atoms. The van der Waals surface area contributed by atoms with Gasteiger partial charge in [0.1, 0.15) is 17.4 Å². The van der Waals surface area contributed by atoms with Crippen LogP contribution >= 0.6 is 0 Å². The Labute approximate surface area is 221 Å². The van der Waals surface area contributed by atoms with Crippen LogP contribution in [0.5, 0.6) is 5.75 Å². The fourth-order valence-corrected chi connectivity index (χ4v) is 6.50. The van der Waals surface area contributed by atoms with Crippen molar-refractivity contribution >= 4 is 16.9 Å². The number of alkyl halides is 2. The second-order valence-electron chi connectivity index (χ2n) is 10.9. The molecule has 2 atom stereocenters. The van der Waals surface area contributed by atoms with Crippen LogP contribution in [-0.2, 0) is 5.54 Å². The Morgan fingerprint density at radius 3 is 2.69 bits per heavy atom. The fourth-order valence-electron chi connectivity index (χ4n) is 6.50. The quantitative estimate of drug-likeness (QED) is 0.403. The molecule has 0 unspecified atom stereocenters. The molecule has 1 fully saturated rings. The average Bonchev–Trinajstić information content (AvgIpc) is 3.39. The Balaban J connectivity index is 1.29. The number of nitrogens with two attached hydrogens (primary N) is 1. The predicted molar refractivity (Wildman–Crippen MR) is 136 cm³/mol. The SMILES string of the molecule is C[C@]1(C#N)C[C@](N)(c2ncc(-c3ccc4nc5n(c4c3)[C@@H]3C[C@H]5NC(=O)c4cccc(OC(F)F)c43)cn2)C1. The molecule has 2 aliphatic heterocycles. The zero-order chi connectivity index (χ0) is 27.1. The van der Waals surface area contributed by atoms with Crippen LogP contribution in [0.2, 0.25) is 0 Å². The third-order valence-electron chi connectivity index (χ3n) is 8.08. The molecule has 1 aliphatic carbocycles. The van der Waals surface area contributed by atoms with Crippen molar-refractivity contribution < 1.29 is 18.3 Å². The number of hydrogen-bond acceptors (Lipinski definition) is 7. The van der Waals surface area contributed by atoms with E-state index in [9.17, 15) is 18.8 Å². The van der Waals surface area contributed by atoms with E-state index in [4.69, 9.17) is 15.5 Å². The number of carbonyl (C=O) groups is 1. The molecule has 2 bridgehead atoms. The number of fused-ring (bicyclic) bond motifs is 9. The van der Waals surface area contributed by atoms with Crippen LogP contribution in [0.3, 0.4) is 0 Å². The lowest BCUT2D eigenvalue weighted by molar-refractivity contribution is -0.0507. The van der Waals surface area contributed by atoms with Gasteiger partial charge in [0.25, 0.3) is 5.91 Å². The first-order valence-electron chi connectivity index (χ1n) is 12.6. The van der Waals surface area contributed by atoms with Gasteiger partial charge in [0.15, 0.2) is 0 Å². The summed E-state index contributed by atoms with van der Waals surface area (Å²) in [5.74, 6) is 0.819. The highest BCUT2D eigenvalue weighted by Crippen LogP contribution is 2.51. The molecule has 39 heavy (non-hydrogen) atoms. The molecule has 4 heterocycles. The number of aromatic nitrogens is 4. The molecule has 3 N–H and O–H groups in total. The molecule has 3 aliphatic rings. The van der Waals surface area contributed by atoms with Crippen molar-refractivity contribution in [3.63, 3.8) is 0 Å². The number of carbonyl (C=O) groups excluding carboxylic acids is 1. The van der Waals surface area contributed by atoms with Crippen LogP contribution in [0, 0.1) is 16.7 Å². The molecule has 2 aromatic heterocycles. The van der Waals surface area contributed by atoms with Gasteiger partial charge >= 0.3 is 6.61 Å². The van der Waals surface area contributed by atoms with Gasteiger partial charge in [-0.15, -0.1) is 0 Å². The van der Waals surface area contributed by atoms with Crippen LogP contribution in [0.1, 0.15) is 65.8 Å². The molecule has 11 heteroatoms. The molecular formula is C28H23F2N7O2. The lowest BCUT2D eigenvalue weighted by Gasteiger charge is -2.47. The van der Waals surface area contributed by atoms with E-state index in [0.29, 0.717) is 42.0 Å². The lowest BCUT2D eigenvalue weighted by Crippen LogP contribution is -2.54. The maximum Gasteiger partial charge on any atom is 0.387 e. The summed E-state index contributed by atoms with van der Waals surface area (Å²) in [6.45, 7) is -1.13. The highest BCUT2D eigenvalue weighted by atomic mass is 19.3. The number of hydrogen-bond donors (Lipinski definition) is 2. The van der Waals surface area contributed by atoms with E-state index in [2.05, 4.69) is 21.4 Å². The van der Waals surface area contributed by atoms with Gasteiger partial charge in [-0.1, -0.05) is 12.1 Å². The van der Waals surface area contributed by atoms with Crippen molar-refractivity contribution in [1.29, 1.82) is 5.26 Å². The molecule has 4 aromatic rings. The zero-order valence-corrected chi connectivity index (χ0v) is 20.9. The number of nitrogens with one attached hydrogen (secondary N) is 1. The van der Waals surface area contributed by atoms with E-state index in [0.717, 1.165) is 22.2 Å². The molecule has 0 saturated heterocycles. The van der Waals surface area contributed by atoms with Crippen molar-refractivity contribution in [2.45, 2.75) is 50.4 Å². The standard InChI is InChI=1S/C28H23F2N7O2/c1-27(13-31)11-28(32,12-27)25-33-9-15(10-34-25)14-5-6-17-19(7-14)37-20-8-18(23(37)35-17)36-24(38)16-3-2-4-21(22(16)20)39-26(29)30/h2-7,9-10,18,20,26H,8,11-12,32H2,1H3,(H,36,38)/t18-,20-,27-,28+/m1/s1. The van der Waals surface area contributed by atoms with Gasteiger partial charge in [-0.05, 0) is 56.0 Å². The minimum absolute atomic E-state index is 0.0163. The van der Waals surface area contributed by atoms with E-state index < -0.39 is 23.6 Å².